The number of aryl methyl sites for hydroxylation is 1. The summed E-state index contributed by atoms with van der Waals surface area (Å²) in [5.74, 6) is 0.792. The average Bonchev–Trinajstić information content (AvgIpc) is 3.38. The van der Waals surface area contributed by atoms with Crippen LogP contribution in [0.5, 0.6) is 5.75 Å². The summed E-state index contributed by atoms with van der Waals surface area (Å²) < 4.78 is 33.2. The predicted molar refractivity (Wildman–Crippen MR) is 158 cm³/mol. The van der Waals surface area contributed by atoms with Crippen LogP contribution < -0.4 is 20.3 Å². The SMILES string of the molecule is CCNc1nc(-c2cc(C)cc(OC)c2)c(-c2ccnc(Nc3ccc(N4CCN(CCF)CC4)c(F)c3)n2)s1. The lowest BCUT2D eigenvalue weighted by Crippen LogP contribution is -2.47. The van der Waals surface area contributed by atoms with Crippen molar-refractivity contribution in [2.24, 2.45) is 0 Å². The molecule has 0 saturated carbocycles. The van der Waals surface area contributed by atoms with E-state index in [9.17, 15) is 4.39 Å². The molecule has 0 aliphatic carbocycles. The number of nitrogens with one attached hydrogen (secondary N) is 2. The first-order valence-electron chi connectivity index (χ1n) is 13.3. The van der Waals surface area contributed by atoms with E-state index >= 15 is 4.39 Å². The summed E-state index contributed by atoms with van der Waals surface area (Å²) in [6, 6.07) is 12.9. The second kappa shape index (κ2) is 12.6. The molecule has 0 atom stereocenters. The number of hydrogen-bond acceptors (Lipinski definition) is 9. The number of rotatable bonds is 10. The number of aromatic nitrogens is 3. The van der Waals surface area contributed by atoms with Crippen LogP contribution in [0.2, 0.25) is 0 Å². The maximum Gasteiger partial charge on any atom is 0.227 e. The van der Waals surface area contributed by atoms with Gasteiger partial charge in [0.15, 0.2) is 5.13 Å². The molecule has 8 nitrogen and oxygen atoms in total. The molecule has 3 heterocycles. The zero-order valence-electron chi connectivity index (χ0n) is 22.9. The van der Waals surface area contributed by atoms with Crippen molar-refractivity contribution in [3.63, 3.8) is 0 Å². The Morgan fingerprint density at radius 2 is 1.88 bits per heavy atom. The van der Waals surface area contributed by atoms with Crippen molar-refractivity contribution in [2.75, 3.05) is 68.6 Å². The van der Waals surface area contributed by atoms with Gasteiger partial charge in [-0.3, -0.25) is 4.90 Å². The molecule has 0 radical (unpaired) electrons. The number of anilines is 4. The molecule has 1 saturated heterocycles. The third-order valence-electron chi connectivity index (χ3n) is 6.72. The highest BCUT2D eigenvalue weighted by Gasteiger charge is 2.20. The smallest absolute Gasteiger partial charge is 0.227 e. The van der Waals surface area contributed by atoms with Crippen LogP contribution in [0.1, 0.15) is 12.5 Å². The summed E-state index contributed by atoms with van der Waals surface area (Å²) in [5.41, 5.74) is 4.60. The fourth-order valence-corrected chi connectivity index (χ4v) is 5.79. The normalized spacial score (nSPS) is 13.9. The van der Waals surface area contributed by atoms with Gasteiger partial charge in [0.05, 0.1) is 29.1 Å². The van der Waals surface area contributed by atoms with Gasteiger partial charge in [-0.15, -0.1) is 0 Å². The predicted octanol–water partition coefficient (Wildman–Crippen LogP) is 5.99. The topological polar surface area (TPSA) is 78.4 Å². The van der Waals surface area contributed by atoms with Crippen molar-refractivity contribution in [3.8, 4) is 27.6 Å². The molecular formula is C29H33F2N7OS. The van der Waals surface area contributed by atoms with Crippen LogP contribution in [0, 0.1) is 12.7 Å². The van der Waals surface area contributed by atoms with Gasteiger partial charge in [-0.05, 0) is 61.9 Å². The average molecular weight is 566 g/mol. The lowest BCUT2D eigenvalue weighted by atomic mass is 10.1. The van der Waals surface area contributed by atoms with E-state index in [0.717, 1.165) is 39.1 Å². The molecule has 2 N–H and O–H groups in total. The number of benzene rings is 2. The fourth-order valence-electron chi connectivity index (χ4n) is 4.77. The number of halogens is 2. The Morgan fingerprint density at radius 1 is 1.05 bits per heavy atom. The zero-order valence-corrected chi connectivity index (χ0v) is 23.7. The van der Waals surface area contributed by atoms with Gasteiger partial charge in [-0.2, -0.15) is 0 Å². The molecule has 0 bridgehead atoms. The van der Waals surface area contributed by atoms with Crippen LogP contribution in [0.15, 0.2) is 48.7 Å². The van der Waals surface area contributed by atoms with E-state index in [-0.39, 0.29) is 12.5 Å². The molecule has 2 aromatic heterocycles. The van der Waals surface area contributed by atoms with Crippen molar-refractivity contribution in [3.05, 3.63) is 60.0 Å². The van der Waals surface area contributed by atoms with Crippen LogP contribution >= 0.6 is 11.3 Å². The summed E-state index contributed by atoms with van der Waals surface area (Å²) in [5, 5.41) is 7.25. The number of nitrogens with zero attached hydrogens (tertiary/aromatic N) is 5. The van der Waals surface area contributed by atoms with Crippen molar-refractivity contribution >= 4 is 33.8 Å². The molecule has 11 heteroatoms. The van der Waals surface area contributed by atoms with Crippen molar-refractivity contribution in [1.82, 2.24) is 19.9 Å². The van der Waals surface area contributed by atoms with Gasteiger partial charge in [0.1, 0.15) is 18.2 Å². The summed E-state index contributed by atoms with van der Waals surface area (Å²) in [6.45, 7) is 7.61. The lowest BCUT2D eigenvalue weighted by molar-refractivity contribution is 0.235. The third kappa shape index (κ3) is 6.31. The van der Waals surface area contributed by atoms with Crippen molar-refractivity contribution in [1.29, 1.82) is 0 Å². The molecule has 210 valence electrons. The Kier molecular flexibility index (Phi) is 8.71. The molecule has 5 rings (SSSR count). The van der Waals surface area contributed by atoms with Gasteiger partial charge >= 0.3 is 0 Å². The van der Waals surface area contributed by atoms with E-state index in [2.05, 4.69) is 26.6 Å². The Hall–Kier alpha value is -3.83. The van der Waals surface area contributed by atoms with E-state index in [1.54, 1.807) is 19.4 Å². The maximum absolute atomic E-state index is 15.1. The summed E-state index contributed by atoms with van der Waals surface area (Å²) >= 11 is 1.52. The molecule has 0 spiro atoms. The first kappa shape index (κ1) is 27.7. The van der Waals surface area contributed by atoms with Crippen LogP contribution in [-0.4, -0.2) is 72.9 Å². The van der Waals surface area contributed by atoms with E-state index in [4.69, 9.17) is 14.7 Å². The van der Waals surface area contributed by atoms with Crippen LogP contribution in [-0.2, 0) is 0 Å². The fraction of sp³-hybridized carbons (Fsp3) is 0.345. The van der Waals surface area contributed by atoms with E-state index in [1.165, 1.54) is 17.4 Å². The van der Waals surface area contributed by atoms with Gasteiger partial charge in [0.2, 0.25) is 5.95 Å². The second-order valence-corrected chi connectivity index (χ2v) is 10.5. The molecule has 1 fully saturated rings. The minimum absolute atomic E-state index is 0.325. The number of methoxy groups -OCH3 is 1. The third-order valence-corrected chi connectivity index (χ3v) is 7.76. The van der Waals surface area contributed by atoms with Crippen LogP contribution in [0.4, 0.5) is 31.2 Å². The molecule has 1 aliphatic heterocycles. The largest absolute Gasteiger partial charge is 0.497 e. The number of hydrogen-bond donors (Lipinski definition) is 2. The van der Waals surface area contributed by atoms with Crippen molar-refractivity contribution in [2.45, 2.75) is 13.8 Å². The number of piperazine rings is 1. The maximum atomic E-state index is 15.1. The highest BCUT2D eigenvalue weighted by Crippen LogP contribution is 2.40. The molecule has 0 unspecified atom stereocenters. The quantitative estimate of drug-likeness (QED) is 0.243. The number of ether oxygens (including phenoxy) is 1. The Bertz CT molecular complexity index is 1460. The molecule has 40 heavy (non-hydrogen) atoms. The van der Waals surface area contributed by atoms with Gasteiger partial charge in [-0.1, -0.05) is 11.3 Å². The van der Waals surface area contributed by atoms with Crippen molar-refractivity contribution < 1.29 is 13.5 Å². The Balaban J connectivity index is 1.38. The van der Waals surface area contributed by atoms with E-state index in [1.807, 2.05) is 43.0 Å². The molecular weight excluding hydrogens is 532 g/mol. The number of thiazole rings is 1. The standard InChI is InChI=1S/C29H33F2N7OS/c1-4-32-29-36-26(20-15-19(2)16-22(17-20)39-3)27(40-29)24-7-9-33-28(35-24)34-21-5-6-25(23(31)18-21)38-13-11-37(10-8-30)12-14-38/h5-7,9,15-18H,4,8,10-14H2,1-3H3,(H,32,36)(H,33,34,35). The summed E-state index contributed by atoms with van der Waals surface area (Å²) in [6.07, 6.45) is 1.68. The molecule has 1 aliphatic rings. The second-order valence-electron chi connectivity index (χ2n) is 9.54. The minimum atomic E-state index is -0.361. The summed E-state index contributed by atoms with van der Waals surface area (Å²) in [7, 11) is 1.65. The van der Waals surface area contributed by atoms with Crippen LogP contribution in [0.25, 0.3) is 21.8 Å². The lowest BCUT2D eigenvalue weighted by Gasteiger charge is -2.35. The van der Waals surface area contributed by atoms with Crippen LogP contribution in [0.3, 0.4) is 0 Å². The monoisotopic (exact) mass is 565 g/mol. The first-order chi connectivity index (χ1) is 19.5. The van der Waals surface area contributed by atoms with Gasteiger partial charge < -0.3 is 20.3 Å². The molecule has 0 amide bonds. The first-order valence-corrected chi connectivity index (χ1v) is 14.1. The molecule has 2 aromatic carbocycles. The number of alkyl halides is 1. The van der Waals surface area contributed by atoms with E-state index in [0.29, 0.717) is 55.7 Å². The summed E-state index contributed by atoms with van der Waals surface area (Å²) in [4.78, 5) is 18.9. The Labute approximate surface area is 237 Å². The Morgan fingerprint density at radius 3 is 2.60 bits per heavy atom. The van der Waals surface area contributed by atoms with E-state index < -0.39 is 0 Å². The molecule has 4 aromatic rings. The van der Waals surface area contributed by atoms with Gasteiger partial charge in [0.25, 0.3) is 0 Å². The highest BCUT2D eigenvalue weighted by molar-refractivity contribution is 7.19. The highest BCUT2D eigenvalue weighted by atomic mass is 32.1. The van der Waals surface area contributed by atoms with Gasteiger partial charge in [-0.25, -0.2) is 23.7 Å². The minimum Gasteiger partial charge on any atom is -0.497 e. The zero-order chi connectivity index (χ0) is 28.1. The van der Waals surface area contributed by atoms with Gasteiger partial charge in [0, 0.05) is 56.7 Å².